The third kappa shape index (κ3) is 5.64. The largest absolute Gasteiger partial charge is 0.353 e. The van der Waals surface area contributed by atoms with Crippen LogP contribution in [0.1, 0.15) is 37.0 Å². The molecule has 2 atom stereocenters. The van der Waals surface area contributed by atoms with Gasteiger partial charge >= 0.3 is 0 Å². The van der Waals surface area contributed by atoms with Crippen LogP contribution >= 0.6 is 12.4 Å². The van der Waals surface area contributed by atoms with E-state index in [4.69, 9.17) is 0 Å². The van der Waals surface area contributed by atoms with Gasteiger partial charge in [0.15, 0.2) is 0 Å². The van der Waals surface area contributed by atoms with Gasteiger partial charge in [-0.3, -0.25) is 9.59 Å². The number of carbonyl (C=O) groups is 2. The molecule has 0 aromatic heterocycles. The normalized spacial score (nSPS) is 17.7. The minimum Gasteiger partial charge on any atom is -0.353 e. The number of rotatable bonds is 6. The van der Waals surface area contributed by atoms with Gasteiger partial charge in [-0.2, -0.15) is 0 Å². The molecule has 2 rings (SSSR count). The van der Waals surface area contributed by atoms with Crippen molar-refractivity contribution < 1.29 is 18.4 Å². The maximum atomic E-state index is 13.7. The van der Waals surface area contributed by atoms with Crippen molar-refractivity contribution in [2.24, 2.45) is 5.92 Å². The summed E-state index contributed by atoms with van der Waals surface area (Å²) in [6.45, 7) is 4.91. The molecule has 2 amide bonds. The van der Waals surface area contributed by atoms with E-state index in [2.05, 4.69) is 16.0 Å². The number of benzene rings is 1. The van der Waals surface area contributed by atoms with E-state index in [1.54, 1.807) is 13.8 Å². The van der Waals surface area contributed by atoms with E-state index in [9.17, 15) is 18.4 Å². The van der Waals surface area contributed by atoms with Crippen molar-refractivity contribution in [3.8, 4) is 0 Å². The van der Waals surface area contributed by atoms with Gasteiger partial charge in [-0.15, -0.1) is 12.4 Å². The molecule has 1 aliphatic rings. The number of amides is 2. The van der Waals surface area contributed by atoms with Crippen LogP contribution in [0.5, 0.6) is 0 Å². The molecule has 1 aromatic rings. The SMILES string of the molecule is CC(C)C(NC(=O)c1c(F)cccc1F)C(=O)NCC1CCCN1.Cl. The molecule has 0 radical (unpaired) electrons. The summed E-state index contributed by atoms with van der Waals surface area (Å²) in [7, 11) is 0. The van der Waals surface area contributed by atoms with Crippen molar-refractivity contribution in [3.05, 3.63) is 35.4 Å². The lowest BCUT2D eigenvalue weighted by atomic mass is 10.0. The number of hydrogen-bond donors (Lipinski definition) is 3. The standard InChI is InChI=1S/C17H23F2N3O2.ClH/c1-10(2)15(17(24)21-9-11-5-4-8-20-11)22-16(23)14-12(18)6-3-7-13(14)19;/h3,6-7,10-11,15,20H,4-5,8-9H2,1-2H3,(H,21,24)(H,22,23);1H. The average Bonchev–Trinajstić information content (AvgIpc) is 3.03. The van der Waals surface area contributed by atoms with Gasteiger partial charge in [-0.05, 0) is 37.4 Å². The van der Waals surface area contributed by atoms with Crippen molar-refractivity contribution in [1.29, 1.82) is 0 Å². The molecule has 0 aliphatic carbocycles. The number of hydrogen-bond acceptors (Lipinski definition) is 3. The van der Waals surface area contributed by atoms with E-state index in [0.717, 1.165) is 31.5 Å². The Kier molecular flexibility index (Phi) is 8.25. The highest BCUT2D eigenvalue weighted by Crippen LogP contribution is 2.13. The van der Waals surface area contributed by atoms with E-state index in [-0.39, 0.29) is 30.3 Å². The van der Waals surface area contributed by atoms with E-state index < -0.39 is 29.1 Å². The first-order valence-electron chi connectivity index (χ1n) is 8.16. The van der Waals surface area contributed by atoms with E-state index in [1.807, 2.05) is 0 Å². The zero-order chi connectivity index (χ0) is 17.7. The Morgan fingerprint density at radius 3 is 2.44 bits per heavy atom. The Hall–Kier alpha value is -1.73. The summed E-state index contributed by atoms with van der Waals surface area (Å²) in [4.78, 5) is 24.5. The second-order valence-electron chi connectivity index (χ2n) is 6.33. The lowest BCUT2D eigenvalue weighted by Crippen LogP contribution is -2.51. The number of carbonyl (C=O) groups excluding carboxylic acids is 2. The summed E-state index contributed by atoms with van der Waals surface area (Å²) in [6.07, 6.45) is 2.05. The Labute approximate surface area is 152 Å². The maximum Gasteiger partial charge on any atom is 0.257 e. The van der Waals surface area contributed by atoms with Crippen LogP contribution < -0.4 is 16.0 Å². The van der Waals surface area contributed by atoms with E-state index in [0.29, 0.717) is 6.54 Å². The number of nitrogens with one attached hydrogen (secondary N) is 3. The van der Waals surface area contributed by atoms with Gasteiger partial charge in [0.05, 0.1) is 0 Å². The molecule has 1 fully saturated rings. The Morgan fingerprint density at radius 1 is 1.28 bits per heavy atom. The van der Waals surface area contributed by atoms with Gasteiger partial charge < -0.3 is 16.0 Å². The van der Waals surface area contributed by atoms with E-state index in [1.165, 1.54) is 6.07 Å². The van der Waals surface area contributed by atoms with Crippen LogP contribution in [-0.2, 0) is 4.79 Å². The maximum absolute atomic E-state index is 13.7. The van der Waals surface area contributed by atoms with Gasteiger partial charge in [0, 0.05) is 12.6 Å². The van der Waals surface area contributed by atoms with E-state index >= 15 is 0 Å². The molecule has 0 spiro atoms. The fourth-order valence-corrected chi connectivity index (χ4v) is 2.73. The first kappa shape index (κ1) is 21.3. The van der Waals surface area contributed by atoms with Gasteiger partial charge in [-0.25, -0.2) is 8.78 Å². The highest BCUT2D eigenvalue weighted by molar-refractivity contribution is 5.98. The molecular weight excluding hydrogens is 352 g/mol. The molecule has 3 N–H and O–H groups in total. The lowest BCUT2D eigenvalue weighted by molar-refractivity contribution is -0.124. The summed E-state index contributed by atoms with van der Waals surface area (Å²) >= 11 is 0. The van der Waals surface area contributed by atoms with Crippen molar-refractivity contribution in [2.45, 2.75) is 38.8 Å². The number of halogens is 3. The molecule has 1 heterocycles. The molecule has 25 heavy (non-hydrogen) atoms. The lowest BCUT2D eigenvalue weighted by Gasteiger charge is -2.23. The third-order valence-electron chi connectivity index (χ3n) is 4.11. The Morgan fingerprint density at radius 2 is 1.92 bits per heavy atom. The monoisotopic (exact) mass is 375 g/mol. The van der Waals surface area contributed by atoms with Crippen LogP contribution in [0.2, 0.25) is 0 Å². The fourth-order valence-electron chi connectivity index (χ4n) is 2.73. The van der Waals surface area contributed by atoms with Gasteiger partial charge in [0.25, 0.3) is 5.91 Å². The average molecular weight is 376 g/mol. The first-order valence-corrected chi connectivity index (χ1v) is 8.16. The molecule has 2 unspecified atom stereocenters. The van der Waals surface area contributed by atoms with Crippen molar-refractivity contribution in [2.75, 3.05) is 13.1 Å². The summed E-state index contributed by atoms with van der Waals surface area (Å²) in [5, 5.41) is 8.49. The second-order valence-corrected chi connectivity index (χ2v) is 6.33. The molecule has 0 saturated carbocycles. The quantitative estimate of drug-likeness (QED) is 0.712. The molecule has 1 aliphatic heterocycles. The van der Waals surface area contributed by atoms with Crippen LogP contribution in [0, 0.1) is 17.6 Å². The molecule has 1 aromatic carbocycles. The fraction of sp³-hybridized carbons (Fsp3) is 0.529. The van der Waals surface area contributed by atoms with Crippen molar-refractivity contribution >= 4 is 24.2 Å². The molecular formula is C17H24ClF2N3O2. The van der Waals surface area contributed by atoms with Crippen LogP contribution in [0.3, 0.4) is 0 Å². The molecule has 1 saturated heterocycles. The molecule has 140 valence electrons. The minimum absolute atomic E-state index is 0. The van der Waals surface area contributed by atoms with Crippen LogP contribution in [-0.4, -0.2) is 37.0 Å². The zero-order valence-corrected chi connectivity index (χ0v) is 15.1. The highest BCUT2D eigenvalue weighted by atomic mass is 35.5. The van der Waals surface area contributed by atoms with Crippen LogP contribution in [0.15, 0.2) is 18.2 Å². The van der Waals surface area contributed by atoms with Crippen LogP contribution in [0.25, 0.3) is 0 Å². The second kappa shape index (κ2) is 9.68. The van der Waals surface area contributed by atoms with Crippen LogP contribution in [0.4, 0.5) is 8.78 Å². The Balaban J connectivity index is 0.00000312. The summed E-state index contributed by atoms with van der Waals surface area (Å²) in [5.41, 5.74) is -0.673. The zero-order valence-electron chi connectivity index (χ0n) is 14.3. The summed E-state index contributed by atoms with van der Waals surface area (Å²) in [5.74, 6) is -3.42. The third-order valence-corrected chi connectivity index (χ3v) is 4.11. The predicted octanol–water partition coefficient (Wildman–Crippen LogP) is 2.01. The first-order chi connectivity index (χ1) is 11.4. The topological polar surface area (TPSA) is 70.2 Å². The van der Waals surface area contributed by atoms with Gasteiger partial charge in [0.2, 0.25) is 5.91 Å². The molecule has 5 nitrogen and oxygen atoms in total. The molecule has 8 heteroatoms. The van der Waals surface area contributed by atoms with Crippen molar-refractivity contribution in [1.82, 2.24) is 16.0 Å². The Bertz CT molecular complexity index is 587. The van der Waals surface area contributed by atoms with Gasteiger partial charge in [0.1, 0.15) is 23.2 Å². The molecule has 0 bridgehead atoms. The van der Waals surface area contributed by atoms with Gasteiger partial charge in [-0.1, -0.05) is 19.9 Å². The predicted molar refractivity (Wildman–Crippen MR) is 93.7 cm³/mol. The highest BCUT2D eigenvalue weighted by Gasteiger charge is 2.27. The minimum atomic E-state index is -0.953. The smallest absolute Gasteiger partial charge is 0.257 e. The summed E-state index contributed by atoms with van der Waals surface area (Å²) in [6, 6.07) is 2.56. The summed E-state index contributed by atoms with van der Waals surface area (Å²) < 4.78 is 27.4. The van der Waals surface area contributed by atoms with Crippen molar-refractivity contribution in [3.63, 3.8) is 0 Å².